The zero-order valence-corrected chi connectivity index (χ0v) is 17.3. The zero-order chi connectivity index (χ0) is 19.6. The molecule has 1 aliphatic rings. The molecule has 0 unspecified atom stereocenters. The highest BCUT2D eigenvalue weighted by Gasteiger charge is 2.28. The number of nitrogens with zero attached hydrogens (tertiary/aromatic N) is 1. The van der Waals surface area contributed by atoms with Gasteiger partial charge in [0, 0.05) is 11.6 Å². The van der Waals surface area contributed by atoms with Crippen LogP contribution in [0.2, 0.25) is 0 Å². The van der Waals surface area contributed by atoms with Crippen molar-refractivity contribution < 1.29 is 9.53 Å². The van der Waals surface area contributed by atoms with E-state index in [2.05, 4.69) is 66.7 Å². The predicted octanol–water partition coefficient (Wildman–Crippen LogP) is 6.09. The van der Waals surface area contributed by atoms with Crippen molar-refractivity contribution in [1.82, 2.24) is 0 Å². The first-order valence-corrected chi connectivity index (χ1v) is 9.30. The fraction of sp³-hybridized carbons (Fsp3) is 0.478. The molecule has 140 valence electrons. The second kappa shape index (κ2) is 7.61. The lowest BCUT2D eigenvalue weighted by molar-refractivity contribution is -0.109. The van der Waals surface area contributed by atoms with E-state index in [0.29, 0.717) is 23.3 Å². The van der Waals surface area contributed by atoms with E-state index in [1.165, 1.54) is 11.1 Å². The van der Waals surface area contributed by atoms with E-state index in [1.807, 2.05) is 6.08 Å². The number of benzene rings is 1. The van der Waals surface area contributed by atoms with E-state index in [0.717, 1.165) is 11.3 Å². The molecule has 0 amide bonds. The summed E-state index contributed by atoms with van der Waals surface area (Å²) in [6, 6.07) is 6.29. The Bertz CT molecular complexity index is 761. The highest BCUT2D eigenvalue weighted by atomic mass is 16.5. The Balaban J connectivity index is 2.68. The molecule has 0 saturated heterocycles. The molecule has 0 fully saturated rings. The summed E-state index contributed by atoms with van der Waals surface area (Å²) in [5.41, 5.74) is 4.60. The van der Waals surface area contributed by atoms with Gasteiger partial charge in [-0.3, -0.25) is 4.79 Å². The Kier molecular flexibility index (Phi) is 5.90. The lowest BCUT2D eigenvalue weighted by atomic mass is 9.81. The molecule has 1 aromatic carbocycles. The maximum absolute atomic E-state index is 12.7. The summed E-state index contributed by atoms with van der Waals surface area (Å²) in [6.45, 7) is 15.0. The van der Waals surface area contributed by atoms with Crippen LogP contribution in [0.1, 0.15) is 71.4 Å². The number of aliphatic imine (C=N–C) groups is 1. The van der Waals surface area contributed by atoms with Gasteiger partial charge in [-0.1, -0.05) is 66.7 Å². The van der Waals surface area contributed by atoms with Gasteiger partial charge in [0.05, 0.1) is 12.8 Å². The van der Waals surface area contributed by atoms with E-state index in [4.69, 9.17) is 9.73 Å². The summed E-state index contributed by atoms with van der Waals surface area (Å²) >= 11 is 0. The second-order valence-electron chi connectivity index (χ2n) is 8.48. The first-order valence-electron chi connectivity index (χ1n) is 9.30. The highest BCUT2D eigenvalue weighted by molar-refractivity contribution is 6.49. The third-order valence-corrected chi connectivity index (χ3v) is 4.66. The van der Waals surface area contributed by atoms with Crippen LogP contribution in [0.3, 0.4) is 0 Å². The van der Waals surface area contributed by atoms with Crippen LogP contribution in [0.25, 0.3) is 0 Å². The number of allylic oxidation sites excluding steroid dienone is 3. The number of carbonyl (C=O) groups is 1. The van der Waals surface area contributed by atoms with E-state index in [1.54, 1.807) is 13.2 Å². The minimum atomic E-state index is -0.137. The van der Waals surface area contributed by atoms with E-state index >= 15 is 0 Å². The van der Waals surface area contributed by atoms with E-state index in [9.17, 15) is 4.79 Å². The molecule has 0 N–H and O–H groups in total. The van der Waals surface area contributed by atoms with Crippen LogP contribution in [-0.2, 0) is 9.53 Å². The van der Waals surface area contributed by atoms with Gasteiger partial charge in [-0.25, -0.2) is 4.99 Å². The van der Waals surface area contributed by atoms with Gasteiger partial charge in [-0.2, -0.15) is 0 Å². The molecule has 0 aromatic heterocycles. The van der Waals surface area contributed by atoms with Gasteiger partial charge < -0.3 is 4.74 Å². The van der Waals surface area contributed by atoms with Gasteiger partial charge in [-0.15, -0.1) is 0 Å². The SMILES string of the molecule is COC1=CC(=O)C(=Nc2c(C(C)C)cccc2C(C)C)C=C1C(C)(C)C. The molecule has 26 heavy (non-hydrogen) atoms. The van der Waals surface area contributed by atoms with Crippen molar-refractivity contribution in [2.45, 2.75) is 60.3 Å². The Morgan fingerprint density at radius 3 is 1.92 bits per heavy atom. The molecule has 1 aliphatic carbocycles. The lowest BCUT2D eigenvalue weighted by Crippen LogP contribution is -2.22. The number of methoxy groups -OCH3 is 1. The quantitative estimate of drug-likeness (QED) is 0.614. The smallest absolute Gasteiger partial charge is 0.207 e. The van der Waals surface area contributed by atoms with Gasteiger partial charge in [0.2, 0.25) is 5.78 Å². The molecule has 1 aromatic rings. The van der Waals surface area contributed by atoms with Crippen LogP contribution in [-0.4, -0.2) is 18.6 Å². The number of hydrogen-bond acceptors (Lipinski definition) is 3. The standard InChI is InChI=1S/C23H31NO2/c1-14(2)16-10-9-11-17(15(3)4)22(16)24-19-12-18(23(5,6)7)21(26-8)13-20(19)25/h9-15H,1-8H3. The third-order valence-electron chi connectivity index (χ3n) is 4.66. The molecule has 0 spiro atoms. The number of carbonyl (C=O) groups excluding carboxylic acids is 1. The molecule has 3 heteroatoms. The minimum Gasteiger partial charge on any atom is -0.496 e. The van der Waals surface area contributed by atoms with Crippen LogP contribution in [0.4, 0.5) is 5.69 Å². The minimum absolute atomic E-state index is 0.108. The summed E-state index contributed by atoms with van der Waals surface area (Å²) in [6.07, 6.45) is 3.45. The molecule has 0 aliphatic heterocycles. The van der Waals surface area contributed by atoms with Crippen molar-refractivity contribution in [2.24, 2.45) is 10.4 Å². The Hall–Kier alpha value is -2.16. The Morgan fingerprint density at radius 1 is 0.962 bits per heavy atom. The maximum Gasteiger partial charge on any atom is 0.207 e. The molecule has 3 nitrogen and oxygen atoms in total. The van der Waals surface area contributed by atoms with E-state index < -0.39 is 0 Å². The van der Waals surface area contributed by atoms with Crippen molar-refractivity contribution in [3.8, 4) is 0 Å². The van der Waals surface area contributed by atoms with Crippen LogP contribution < -0.4 is 0 Å². The molecule has 0 saturated carbocycles. The largest absolute Gasteiger partial charge is 0.496 e. The maximum atomic E-state index is 12.7. The van der Waals surface area contributed by atoms with Crippen LogP contribution >= 0.6 is 0 Å². The average molecular weight is 354 g/mol. The number of hydrogen-bond donors (Lipinski definition) is 0. The van der Waals surface area contributed by atoms with Crippen molar-refractivity contribution in [2.75, 3.05) is 7.11 Å². The topological polar surface area (TPSA) is 38.7 Å². The van der Waals surface area contributed by atoms with Crippen LogP contribution in [0, 0.1) is 5.41 Å². The zero-order valence-electron chi connectivity index (χ0n) is 17.3. The lowest BCUT2D eigenvalue weighted by Gasteiger charge is -2.27. The van der Waals surface area contributed by atoms with Crippen LogP contribution in [0.15, 0.2) is 46.7 Å². The molecule has 0 bridgehead atoms. The van der Waals surface area contributed by atoms with Gasteiger partial charge in [0.15, 0.2) is 0 Å². The monoisotopic (exact) mass is 353 g/mol. The number of para-hydroxylation sites is 1. The number of ether oxygens (including phenoxy) is 1. The molecule has 0 atom stereocenters. The fourth-order valence-electron chi connectivity index (χ4n) is 3.15. The summed E-state index contributed by atoms with van der Waals surface area (Å²) in [5, 5.41) is 0. The van der Waals surface area contributed by atoms with Gasteiger partial charge in [0.25, 0.3) is 0 Å². The first kappa shape index (κ1) is 20.2. The van der Waals surface area contributed by atoms with Gasteiger partial charge in [-0.05, 0) is 34.5 Å². The summed E-state index contributed by atoms with van der Waals surface area (Å²) < 4.78 is 5.44. The van der Waals surface area contributed by atoms with Gasteiger partial charge in [0.1, 0.15) is 11.5 Å². The fourth-order valence-corrected chi connectivity index (χ4v) is 3.15. The van der Waals surface area contributed by atoms with Crippen molar-refractivity contribution in [1.29, 1.82) is 0 Å². The summed E-state index contributed by atoms with van der Waals surface area (Å²) in [5.74, 6) is 1.19. The van der Waals surface area contributed by atoms with Gasteiger partial charge >= 0.3 is 0 Å². The van der Waals surface area contributed by atoms with E-state index in [-0.39, 0.29) is 11.2 Å². The second-order valence-corrected chi connectivity index (χ2v) is 8.48. The Labute approximate surface area is 157 Å². The average Bonchev–Trinajstić information content (AvgIpc) is 2.54. The molecular formula is C23H31NO2. The first-order chi connectivity index (χ1) is 12.1. The molecular weight excluding hydrogens is 322 g/mol. The van der Waals surface area contributed by atoms with Crippen molar-refractivity contribution >= 4 is 17.2 Å². The van der Waals surface area contributed by atoms with Crippen LogP contribution in [0.5, 0.6) is 0 Å². The summed E-state index contributed by atoms with van der Waals surface area (Å²) in [4.78, 5) is 17.5. The normalized spacial score (nSPS) is 17.0. The molecule has 0 heterocycles. The van der Waals surface area contributed by atoms with Crippen molar-refractivity contribution in [3.63, 3.8) is 0 Å². The Morgan fingerprint density at radius 2 is 1.50 bits per heavy atom. The number of rotatable bonds is 4. The van der Waals surface area contributed by atoms with Crippen molar-refractivity contribution in [3.05, 3.63) is 52.8 Å². The predicted molar refractivity (Wildman–Crippen MR) is 109 cm³/mol. The third kappa shape index (κ3) is 4.14. The summed E-state index contributed by atoms with van der Waals surface area (Å²) in [7, 11) is 1.60. The highest BCUT2D eigenvalue weighted by Crippen LogP contribution is 2.37. The molecule has 0 radical (unpaired) electrons. The molecule has 2 rings (SSSR count). The number of ketones is 1.